The molecule has 5 heteroatoms. The van der Waals surface area contributed by atoms with E-state index < -0.39 is 0 Å². The van der Waals surface area contributed by atoms with Gasteiger partial charge in [-0.3, -0.25) is 4.79 Å². The number of ether oxygens (including phenoxy) is 2. The Hall–Kier alpha value is -2.20. The molecular formula is C20H24ClNO3. The molecule has 25 heavy (non-hydrogen) atoms. The van der Waals surface area contributed by atoms with Crippen LogP contribution in [0.25, 0.3) is 0 Å². The highest BCUT2D eigenvalue weighted by molar-refractivity contribution is 6.32. The smallest absolute Gasteiger partial charge is 0.251 e. The van der Waals surface area contributed by atoms with Crippen LogP contribution < -0.4 is 14.8 Å². The Labute approximate surface area is 154 Å². The van der Waals surface area contributed by atoms with Crippen molar-refractivity contribution in [2.75, 3.05) is 13.7 Å². The number of carbonyl (C=O) groups excluding carboxylic acids is 1. The van der Waals surface area contributed by atoms with Gasteiger partial charge in [0.25, 0.3) is 5.91 Å². The van der Waals surface area contributed by atoms with Crippen molar-refractivity contribution in [3.63, 3.8) is 0 Å². The Kier molecular flexibility index (Phi) is 7.14. The molecule has 0 spiro atoms. The van der Waals surface area contributed by atoms with Crippen LogP contribution in [0, 0.1) is 0 Å². The Morgan fingerprint density at radius 2 is 1.96 bits per heavy atom. The number of hydrogen-bond acceptors (Lipinski definition) is 3. The largest absolute Gasteiger partial charge is 0.493 e. The summed E-state index contributed by atoms with van der Waals surface area (Å²) in [6, 6.07) is 12.9. The van der Waals surface area contributed by atoms with Crippen LogP contribution in [0.15, 0.2) is 42.5 Å². The number of methoxy groups -OCH3 is 1. The number of rotatable bonds is 8. The minimum Gasteiger partial charge on any atom is -0.493 e. The van der Waals surface area contributed by atoms with Gasteiger partial charge >= 0.3 is 0 Å². The van der Waals surface area contributed by atoms with Crippen LogP contribution in [-0.2, 0) is 0 Å². The number of nitrogens with one attached hydrogen (secondary N) is 1. The summed E-state index contributed by atoms with van der Waals surface area (Å²) < 4.78 is 11.0. The number of amides is 1. The normalized spacial score (nSPS) is 11.7. The maximum Gasteiger partial charge on any atom is 0.251 e. The minimum atomic E-state index is -0.211. The molecule has 0 saturated heterocycles. The number of halogens is 1. The first-order chi connectivity index (χ1) is 12.1. The average molecular weight is 362 g/mol. The highest BCUT2D eigenvalue weighted by Gasteiger charge is 2.17. The van der Waals surface area contributed by atoms with Gasteiger partial charge < -0.3 is 14.8 Å². The Morgan fingerprint density at radius 1 is 1.24 bits per heavy atom. The molecule has 0 unspecified atom stereocenters. The summed E-state index contributed by atoms with van der Waals surface area (Å²) >= 11 is 6.30. The summed E-state index contributed by atoms with van der Waals surface area (Å²) in [5.41, 5.74) is 1.47. The van der Waals surface area contributed by atoms with Crippen LogP contribution in [0.3, 0.4) is 0 Å². The molecule has 0 saturated carbocycles. The van der Waals surface area contributed by atoms with Crippen molar-refractivity contribution in [2.45, 2.75) is 32.7 Å². The van der Waals surface area contributed by atoms with Gasteiger partial charge in [0.1, 0.15) is 0 Å². The van der Waals surface area contributed by atoms with Crippen molar-refractivity contribution < 1.29 is 14.3 Å². The molecule has 1 atom stereocenters. The van der Waals surface area contributed by atoms with Gasteiger partial charge in [-0.15, -0.1) is 0 Å². The Morgan fingerprint density at radius 3 is 2.60 bits per heavy atom. The molecule has 0 bridgehead atoms. The molecule has 0 fully saturated rings. The van der Waals surface area contributed by atoms with Gasteiger partial charge in [-0.2, -0.15) is 0 Å². The number of carbonyl (C=O) groups is 1. The molecule has 0 aliphatic carbocycles. The van der Waals surface area contributed by atoms with Crippen molar-refractivity contribution >= 4 is 17.5 Å². The molecule has 2 aromatic carbocycles. The van der Waals surface area contributed by atoms with Crippen LogP contribution in [0.4, 0.5) is 0 Å². The van der Waals surface area contributed by atoms with E-state index in [9.17, 15) is 4.79 Å². The zero-order valence-electron chi connectivity index (χ0n) is 14.8. The maximum absolute atomic E-state index is 12.6. The maximum atomic E-state index is 12.6. The van der Waals surface area contributed by atoms with E-state index in [1.165, 1.54) is 7.11 Å². The van der Waals surface area contributed by atoms with E-state index in [4.69, 9.17) is 21.1 Å². The van der Waals surface area contributed by atoms with E-state index in [-0.39, 0.29) is 11.9 Å². The summed E-state index contributed by atoms with van der Waals surface area (Å²) in [5, 5.41) is 3.34. The molecular weight excluding hydrogens is 338 g/mol. The molecule has 2 aromatic rings. The lowest BCUT2D eigenvalue weighted by Crippen LogP contribution is -2.26. The first-order valence-electron chi connectivity index (χ1n) is 8.43. The second-order valence-electron chi connectivity index (χ2n) is 5.80. The van der Waals surface area contributed by atoms with Gasteiger partial charge in [-0.05, 0) is 31.0 Å². The molecule has 0 aliphatic heterocycles. The van der Waals surface area contributed by atoms with E-state index in [1.54, 1.807) is 12.1 Å². The molecule has 4 nitrogen and oxygen atoms in total. The van der Waals surface area contributed by atoms with E-state index in [2.05, 4.69) is 12.2 Å². The molecule has 0 aromatic heterocycles. The van der Waals surface area contributed by atoms with E-state index in [1.807, 2.05) is 37.3 Å². The van der Waals surface area contributed by atoms with Gasteiger partial charge in [0, 0.05) is 5.56 Å². The Balaban J connectivity index is 2.15. The van der Waals surface area contributed by atoms with E-state index in [0.29, 0.717) is 28.7 Å². The van der Waals surface area contributed by atoms with Crippen molar-refractivity contribution in [3.05, 3.63) is 58.6 Å². The predicted octanol–water partition coefficient (Wildman–Crippen LogP) is 5.02. The average Bonchev–Trinajstić information content (AvgIpc) is 2.63. The van der Waals surface area contributed by atoms with Crippen LogP contribution >= 0.6 is 11.6 Å². The number of unbranched alkanes of at least 4 members (excludes halogenated alkanes) is 1. The van der Waals surface area contributed by atoms with Crippen molar-refractivity contribution in [3.8, 4) is 11.5 Å². The minimum absolute atomic E-state index is 0.112. The highest BCUT2D eigenvalue weighted by Crippen LogP contribution is 2.36. The van der Waals surface area contributed by atoms with Crippen LogP contribution in [0.1, 0.15) is 48.7 Å². The molecule has 1 N–H and O–H groups in total. The van der Waals surface area contributed by atoms with Gasteiger partial charge in [0.2, 0.25) is 0 Å². The lowest BCUT2D eigenvalue weighted by atomic mass is 10.1. The summed E-state index contributed by atoms with van der Waals surface area (Å²) in [5.74, 6) is 0.725. The first-order valence-corrected chi connectivity index (χ1v) is 8.80. The molecule has 0 radical (unpaired) electrons. The van der Waals surface area contributed by atoms with Gasteiger partial charge in [-0.25, -0.2) is 0 Å². The summed E-state index contributed by atoms with van der Waals surface area (Å²) in [7, 11) is 1.53. The second kappa shape index (κ2) is 9.33. The SMILES string of the molecule is CCCCOc1c(Cl)cc(C(=O)N[C@H](C)c2ccccc2)cc1OC. The van der Waals surface area contributed by atoms with Crippen molar-refractivity contribution in [1.29, 1.82) is 0 Å². The summed E-state index contributed by atoms with van der Waals surface area (Å²) in [6.45, 7) is 4.58. The van der Waals surface area contributed by atoms with Crippen molar-refractivity contribution in [2.24, 2.45) is 0 Å². The molecule has 1 amide bonds. The zero-order chi connectivity index (χ0) is 18.2. The standard InChI is InChI=1S/C20H24ClNO3/c1-4-5-11-25-19-17(21)12-16(13-18(19)24-3)20(23)22-14(2)15-9-7-6-8-10-15/h6-10,12-14H,4-5,11H2,1-3H3,(H,22,23)/t14-/m1/s1. The van der Waals surface area contributed by atoms with Crippen LogP contribution in [-0.4, -0.2) is 19.6 Å². The van der Waals surface area contributed by atoms with Crippen molar-refractivity contribution in [1.82, 2.24) is 5.32 Å². The topological polar surface area (TPSA) is 47.6 Å². The van der Waals surface area contributed by atoms with Crippen LogP contribution in [0.5, 0.6) is 11.5 Å². The fraction of sp³-hybridized carbons (Fsp3) is 0.350. The molecule has 0 aliphatic rings. The third-order valence-electron chi connectivity index (χ3n) is 3.88. The third-order valence-corrected chi connectivity index (χ3v) is 4.16. The molecule has 2 rings (SSSR count). The summed E-state index contributed by atoms with van der Waals surface area (Å²) in [4.78, 5) is 12.6. The molecule has 0 heterocycles. The fourth-order valence-corrected chi connectivity index (χ4v) is 2.68. The molecule has 134 valence electrons. The van der Waals surface area contributed by atoms with Crippen LogP contribution in [0.2, 0.25) is 5.02 Å². The number of hydrogen-bond donors (Lipinski definition) is 1. The lowest BCUT2D eigenvalue weighted by Gasteiger charge is -2.17. The zero-order valence-corrected chi connectivity index (χ0v) is 15.6. The van der Waals surface area contributed by atoms with E-state index >= 15 is 0 Å². The first kappa shape index (κ1) is 19.1. The number of benzene rings is 2. The third kappa shape index (κ3) is 5.13. The van der Waals surface area contributed by atoms with E-state index in [0.717, 1.165) is 18.4 Å². The lowest BCUT2D eigenvalue weighted by molar-refractivity contribution is 0.0939. The van der Waals surface area contributed by atoms with Gasteiger partial charge in [-0.1, -0.05) is 55.3 Å². The quantitative estimate of drug-likeness (QED) is 0.671. The summed E-state index contributed by atoms with van der Waals surface area (Å²) in [6.07, 6.45) is 1.95. The Bertz CT molecular complexity index is 704. The monoisotopic (exact) mass is 361 g/mol. The van der Waals surface area contributed by atoms with Gasteiger partial charge in [0.15, 0.2) is 11.5 Å². The fourth-order valence-electron chi connectivity index (χ4n) is 2.41. The second-order valence-corrected chi connectivity index (χ2v) is 6.20. The van der Waals surface area contributed by atoms with Gasteiger partial charge in [0.05, 0.1) is 24.8 Å². The highest BCUT2D eigenvalue weighted by atomic mass is 35.5. The predicted molar refractivity (Wildman–Crippen MR) is 101 cm³/mol.